The van der Waals surface area contributed by atoms with E-state index in [1.807, 2.05) is 0 Å². The van der Waals surface area contributed by atoms with Crippen LogP contribution in [0.4, 0.5) is 0 Å². The smallest absolute Gasteiger partial charge is 0.264 e. The van der Waals surface area contributed by atoms with Gasteiger partial charge in [0.2, 0.25) is 0 Å². The fraction of sp³-hybridized carbons (Fsp3) is 1.00. The largest absolute Gasteiger partial charge is 0.279 e. The molecule has 0 aromatic rings. The van der Waals surface area contributed by atoms with Crippen LogP contribution in [-0.2, 0) is 0 Å². The summed E-state index contributed by atoms with van der Waals surface area (Å²) in [5.74, 6) is 0.111. The van der Waals surface area contributed by atoms with Crippen LogP contribution in [0.1, 0.15) is 19.3 Å². The molecule has 0 saturated heterocycles. The molecule has 0 spiro atoms. The highest BCUT2D eigenvalue weighted by atomic mass is 79.9. The molecule has 14 heavy (non-hydrogen) atoms. The van der Waals surface area contributed by atoms with Gasteiger partial charge in [0.15, 0.2) is 0 Å². The third-order valence-corrected chi connectivity index (χ3v) is 3.11. The summed E-state index contributed by atoms with van der Waals surface area (Å²) in [5, 5.41) is 21.9. The standard InChI is InChI=1S/C7H11BrN2O4/c8-2-1-5-3-6(9(11)12)7(4-5)10(13)14/h5-7H,1-4H2. The van der Waals surface area contributed by atoms with Crippen molar-refractivity contribution in [3.8, 4) is 0 Å². The van der Waals surface area contributed by atoms with Crippen LogP contribution in [0.25, 0.3) is 0 Å². The Bertz CT molecular complexity index is 226. The van der Waals surface area contributed by atoms with Gasteiger partial charge in [0.25, 0.3) is 12.1 Å². The highest BCUT2D eigenvalue weighted by molar-refractivity contribution is 9.09. The van der Waals surface area contributed by atoms with E-state index >= 15 is 0 Å². The minimum atomic E-state index is -0.992. The fourth-order valence-corrected chi connectivity index (χ4v) is 2.58. The van der Waals surface area contributed by atoms with Crippen molar-refractivity contribution in [2.75, 3.05) is 5.33 Å². The Kier molecular flexibility index (Phi) is 3.79. The molecule has 7 heteroatoms. The molecule has 1 rings (SSSR count). The van der Waals surface area contributed by atoms with Gasteiger partial charge in [0.05, 0.1) is 0 Å². The lowest BCUT2D eigenvalue weighted by Crippen LogP contribution is -2.34. The van der Waals surface area contributed by atoms with Gasteiger partial charge in [-0.05, 0) is 12.3 Å². The topological polar surface area (TPSA) is 86.3 Å². The van der Waals surface area contributed by atoms with Crippen LogP contribution in [0, 0.1) is 26.1 Å². The molecule has 0 aromatic heterocycles. The van der Waals surface area contributed by atoms with Gasteiger partial charge in [-0.15, -0.1) is 0 Å². The summed E-state index contributed by atoms with van der Waals surface area (Å²) in [6, 6.07) is -1.98. The zero-order valence-corrected chi connectivity index (χ0v) is 9.05. The Morgan fingerprint density at radius 1 is 1.14 bits per heavy atom. The second-order valence-electron chi connectivity index (χ2n) is 3.52. The molecule has 1 fully saturated rings. The maximum absolute atomic E-state index is 10.6. The van der Waals surface area contributed by atoms with Crippen LogP contribution in [0.3, 0.4) is 0 Å². The van der Waals surface area contributed by atoms with Crippen LogP contribution >= 0.6 is 15.9 Å². The minimum Gasteiger partial charge on any atom is -0.264 e. The quantitative estimate of drug-likeness (QED) is 0.438. The van der Waals surface area contributed by atoms with Crippen LogP contribution in [0.5, 0.6) is 0 Å². The minimum absolute atomic E-state index is 0.111. The first-order chi connectivity index (χ1) is 6.56. The van der Waals surface area contributed by atoms with Crippen LogP contribution in [0.2, 0.25) is 0 Å². The molecule has 0 N–H and O–H groups in total. The molecule has 1 aliphatic rings. The summed E-state index contributed by atoms with van der Waals surface area (Å²) < 4.78 is 0. The average Bonchev–Trinajstić information content (AvgIpc) is 2.49. The van der Waals surface area contributed by atoms with E-state index < -0.39 is 21.9 Å². The lowest BCUT2D eigenvalue weighted by Gasteiger charge is -2.03. The summed E-state index contributed by atoms with van der Waals surface area (Å²) >= 11 is 3.23. The number of hydrogen-bond acceptors (Lipinski definition) is 4. The molecule has 1 saturated carbocycles. The number of nitro groups is 2. The van der Waals surface area contributed by atoms with Gasteiger partial charge in [-0.2, -0.15) is 0 Å². The highest BCUT2D eigenvalue weighted by Gasteiger charge is 2.49. The fourth-order valence-electron chi connectivity index (χ4n) is 1.94. The Labute approximate surface area is 89.1 Å². The molecule has 1 aliphatic carbocycles. The molecule has 2 atom stereocenters. The first kappa shape index (κ1) is 11.4. The van der Waals surface area contributed by atoms with E-state index in [1.54, 1.807) is 0 Å². The van der Waals surface area contributed by atoms with Gasteiger partial charge in [-0.1, -0.05) is 15.9 Å². The predicted octanol–water partition coefficient (Wildman–Crippen LogP) is 1.47. The third-order valence-electron chi connectivity index (χ3n) is 2.65. The van der Waals surface area contributed by atoms with Gasteiger partial charge in [0, 0.05) is 28.0 Å². The summed E-state index contributed by atoms with van der Waals surface area (Å²) in [6.45, 7) is 0. The first-order valence-electron chi connectivity index (χ1n) is 4.39. The zero-order valence-electron chi connectivity index (χ0n) is 7.47. The second-order valence-corrected chi connectivity index (χ2v) is 4.31. The maximum atomic E-state index is 10.6. The van der Waals surface area contributed by atoms with Gasteiger partial charge >= 0.3 is 0 Å². The van der Waals surface area contributed by atoms with E-state index in [1.165, 1.54) is 0 Å². The van der Waals surface area contributed by atoms with Crippen molar-refractivity contribution in [1.82, 2.24) is 0 Å². The molecule has 6 nitrogen and oxygen atoms in total. The van der Waals surface area contributed by atoms with Crippen LogP contribution in [-0.4, -0.2) is 27.3 Å². The third kappa shape index (κ3) is 2.40. The van der Waals surface area contributed by atoms with Crippen LogP contribution < -0.4 is 0 Å². The molecule has 0 bridgehead atoms. The lowest BCUT2D eigenvalue weighted by molar-refractivity contribution is -0.611. The van der Waals surface area contributed by atoms with Gasteiger partial charge in [-0.25, -0.2) is 0 Å². The molecular weight excluding hydrogens is 256 g/mol. The van der Waals surface area contributed by atoms with E-state index in [0.717, 1.165) is 11.8 Å². The van der Waals surface area contributed by atoms with Crippen molar-refractivity contribution >= 4 is 15.9 Å². The number of alkyl halides is 1. The molecule has 80 valence electrons. The van der Waals surface area contributed by atoms with Crippen molar-refractivity contribution in [3.05, 3.63) is 20.2 Å². The van der Waals surface area contributed by atoms with Crippen molar-refractivity contribution < 1.29 is 9.85 Å². The number of halogens is 1. The van der Waals surface area contributed by atoms with Crippen molar-refractivity contribution in [3.63, 3.8) is 0 Å². The first-order valence-corrected chi connectivity index (χ1v) is 5.51. The zero-order chi connectivity index (χ0) is 10.7. The summed E-state index contributed by atoms with van der Waals surface area (Å²) in [6.07, 6.45) is 1.45. The highest BCUT2D eigenvalue weighted by Crippen LogP contribution is 2.32. The molecule has 0 radical (unpaired) electrons. The van der Waals surface area contributed by atoms with E-state index in [2.05, 4.69) is 15.9 Å². The van der Waals surface area contributed by atoms with Gasteiger partial charge in [-0.3, -0.25) is 20.2 Å². The van der Waals surface area contributed by atoms with Crippen molar-refractivity contribution in [1.29, 1.82) is 0 Å². The monoisotopic (exact) mass is 266 g/mol. The Morgan fingerprint density at radius 2 is 1.57 bits per heavy atom. The molecule has 0 aliphatic heterocycles. The number of nitrogens with zero attached hydrogens (tertiary/aromatic N) is 2. The SMILES string of the molecule is O=[N+]([O-])C1CC(CCBr)CC1[N+](=O)[O-]. The van der Waals surface area contributed by atoms with Gasteiger partial charge < -0.3 is 0 Å². The number of hydrogen-bond donors (Lipinski definition) is 0. The molecule has 0 aromatic carbocycles. The van der Waals surface area contributed by atoms with Crippen LogP contribution in [0.15, 0.2) is 0 Å². The van der Waals surface area contributed by atoms with E-state index in [4.69, 9.17) is 0 Å². The van der Waals surface area contributed by atoms with E-state index in [0.29, 0.717) is 12.8 Å². The number of rotatable bonds is 4. The van der Waals surface area contributed by atoms with Gasteiger partial charge in [0.1, 0.15) is 0 Å². The van der Waals surface area contributed by atoms with Crippen molar-refractivity contribution in [2.24, 2.45) is 5.92 Å². The molecule has 0 heterocycles. The second kappa shape index (κ2) is 4.68. The van der Waals surface area contributed by atoms with E-state index in [-0.39, 0.29) is 5.92 Å². The summed E-state index contributed by atoms with van der Waals surface area (Å²) in [4.78, 5) is 20.1. The van der Waals surface area contributed by atoms with Crippen molar-refractivity contribution in [2.45, 2.75) is 31.3 Å². The normalized spacial score (nSPS) is 31.6. The molecule has 0 amide bonds. The Hall–Kier alpha value is -0.720. The van der Waals surface area contributed by atoms with E-state index in [9.17, 15) is 20.2 Å². The predicted molar refractivity (Wildman–Crippen MR) is 52.7 cm³/mol. The summed E-state index contributed by atoms with van der Waals surface area (Å²) in [7, 11) is 0. The maximum Gasteiger partial charge on any atom is 0.279 e. The summed E-state index contributed by atoms with van der Waals surface area (Å²) in [5.41, 5.74) is 0. The Balaban J connectivity index is 2.65. The molecular formula is C7H11BrN2O4. The average molecular weight is 267 g/mol. The molecule has 2 unspecified atom stereocenters. The Morgan fingerprint density at radius 3 is 1.86 bits per heavy atom. The lowest BCUT2D eigenvalue weighted by atomic mass is 10.1.